The van der Waals surface area contributed by atoms with Gasteiger partial charge in [0.25, 0.3) is 5.91 Å². The largest absolute Gasteiger partial charge is 0.488 e. The summed E-state index contributed by atoms with van der Waals surface area (Å²) in [5, 5.41) is 13.1. The third kappa shape index (κ3) is 3.63. The molecule has 2 saturated carbocycles. The van der Waals surface area contributed by atoms with Crippen molar-refractivity contribution in [1.82, 2.24) is 15.5 Å². The third-order valence-corrected chi connectivity index (χ3v) is 6.85. The summed E-state index contributed by atoms with van der Waals surface area (Å²) in [5.41, 5.74) is 1.51. The summed E-state index contributed by atoms with van der Waals surface area (Å²) in [5.74, 6) is 2.56. The van der Waals surface area contributed by atoms with Crippen molar-refractivity contribution in [2.24, 2.45) is 17.8 Å². The Hall–Kier alpha value is -2.66. The number of carbonyl (C=O) groups is 1. The van der Waals surface area contributed by atoms with E-state index >= 15 is 0 Å². The van der Waals surface area contributed by atoms with Crippen LogP contribution in [0.2, 0.25) is 5.02 Å². The monoisotopic (exact) mass is 421 g/mol. The topological polar surface area (TPSA) is 64.1 Å². The molecule has 0 bridgehead atoms. The van der Waals surface area contributed by atoms with Crippen LogP contribution in [0.15, 0.2) is 54.7 Å². The van der Waals surface area contributed by atoms with E-state index in [1.54, 1.807) is 30.5 Å². The first kappa shape index (κ1) is 19.3. The number of hydrogen-bond acceptors (Lipinski definition) is 4. The zero-order chi connectivity index (χ0) is 20.7. The molecule has 3 aromatic rings. The summed E-state index contributed by atoms with van der Waals surface area (Å²) in [6.45, 7) is 2.14. The Balaban J connectivity index is 1.20. The first-order valence-corrected chi connectivity index (χ1v) is 11.0. The van der Waals surface area contributed by atoms with Gasteiger partial charge in [0.2, 0.25) is 0 Å². The van der Waals surface area contributed by atoms with E-state index < -0.39 is 0 Å². The molecule has 0 saturated heterocycles. The van der Waals surface area contributed by atoms with E-state index in [2.05, 4.69) is 22.4 Å². The second-order valence-electron chi connectivity index (χ2n) is 8.34. The van der Waals surface area contributed by atoms with Crippen molar-refractivity contribution in [3.63, 3.8) is 0 Å². The van der Waals surface area contributed by atoms with Crippen LogP contribution in [-0.2, 0) is 0 Å². The van der Waals surface area contributed by atoms with Gasteiger partial charge in [0.15, 0.2) is 0 Å². The maximum atomic E-state index is 12.6. The minimum Gasteiger partial charge on any atom is -0.488 e. The molecule has 2 aliphatic carbocycles. The van der Waals surface area contributed by atoms with Gasteiger partial charge in [-0.25, -0.2) is 0 Å². The number of fused-ring (bicyclic) bond motifs is 2. The lowest BCUT2D eigenvalue weighted by Crippen LogP contribution is -2.37. The number of ether oxygens (including phenoxy) is 1. The fraction of sp³-hybridized carbons (Fsp3) is 0.375. The number of benzene rings is 2. The predicted octanol–water partition coefficient (Wildman–Crippen LogP) is 4.90. The van der Waals surface area contributed by atoms with Gasteiger partial charge in [-0.3, -0.25) is 4.79 Å². The van der Waals surface area contributed by atoms with Crippen LogP contribution in [0.3, 0.4) is 0 Å². The zero-order valence-electron chi connectivity index (χ0n) is 16.8. The summed E-state index contributed by atoms with van der Waals surface area (Å²) in [6.07, 6.45) is 4.90. The van der Waals surface area contributed by atoms with Crippen LogP contribution >= 0.6 is 11.6 Å². The molecule has 30 heavy (non-hydrogen) atoms. The number of carbonyl (C=O) groups excluding carboxylic acids is 1. The lowest BCUT2D eigenvalue weighted by atomic mass is 10.00. The second-order valence-corrected chi connectivity index (χ2v) is 8.77. The molecule has 2 fully saturated rings. The molecular formula is C24H24ClN3O2. The molecule has 154 valence electrons. The van der Waals surface area contributed by atoms with Crippen LogP contribution in [0.25, 0.3) is 10.9 Å². The summed E-state index contributed by atoms with van der Waals surface area (Å²) >= 11 is 5.93. The first-order chi connectivity index (χ1) is 14.6. The van der Waals surface area contributed by atoms with E-state index in [0.29, 0.717) is 28.3 Å². The number of rotatable bonds is 6. The maximum Gasteiger partial charge on any atom is 0.251 e. The average molecular weight is 422 g/mol. The van der Waals surface area contributed by atoms with Crippen LogP contribution in [-0.4, -0.2) is 28.3 Å². The Kier molecular flexibility index (Phi) is 5.07. The van der Waals surface area contributed by atoms with E-state index in [0.717, 1.165) is 35.9 Å². The molecule has 5 rings (SSSR count). The van der Waals surface area contributed by atoms with Crippen molar-refractivity contribution >= 4 is 28.4 Å². The molecule has 0 aliphatic heterocycles. The zero-order valence-corrected chi connectivity index (χ0v) is 17.5. The van der Waals surface area contributed by atoms with Crippen LogP contribution < -0.4 is 10.1 Å². The van der Waals surface area contributed by atoms with Gasteiger partial charge in [-0.05, 0) is 73.4 Å². The number of nitrogens with one attached hydrogen (secondary N) is 1. The van der Waals surface area contributed by atoms with Gasteiger partial charge >= 0.3 is 0 Å². The standard InChI is InChI=1S/C24H24ClN3O2/c1-2-20(27-24(29)14-7-9-15(25)10-8-14)23-18-11-16(12-19(18)23)30-22-13-26-28-21-6-4-3-5-17(21)22/h3-10,13,16,18-20,23H,2,11-12H2,1H3,(H,27,29)/t16?,18-,19-,20-,23?/m1/s1. The van der Waals surface area contributed by atoms with Crippen LogP contribution in [0, 0.1) is 17.8 Å². The number of halogens is 1. The number of hydrogen-bond donors (Lipinski definition) is 1. The Morgan fingerprint density at radius 1 is 1.17 bits per heavy atom. The highest BCUT2D eigenvalue weighted by Gasteiger charge is 2.59. The minimum absolute atomic E-state index is 0.0226. The minimum atomic E-state index is -0.0226. The van der Waals surface area contributed by atoms with Gasteiger partial charge in [0.1, 0.15) is 5.75 Å². The summed E-state index contributed by atoms with van der Waals surface area (Å²) in [4.78, 5) is 12.6. The quantitative estimate of drug-likeness (QED) is 0.615. The molecule has 1 amide bonds. The Bertz CT molecular complexity index is 1050. The summed E-state index contributed by atoms with van der Waals surface area (Å²) in [6, 6.07) is 15.2. The first-order valence-electron chi connectivity index (χ1n) is 10.6. The van der Waals surface area contributed by atoms with Crippen molar-refractivity contribution in [1.29, 1.82) is 0 Å². The smallest absolute Gasteiger partial charge is 0.251 e. The molecule has 0 radical (unpaired) electrons. The molecule has 6 heteroatoms. The SMILES string of the molecule is CC[C@@H](NC(=O)c1ccc(Cl)cc1)C1[C@@H]2CC(Oc3cnnc4ccccc34)C[C@@H]12. The Morgan fingerprint density at radius 3 is 2.63 bits per heavy atom. The van der Waals surface area contributed by atoms with Gasteiger partial charge in [-0.1, -0.05) is 30.7 Å². The van der Waals surface area contributed by atoms with Crippen LogP contribution in [0.1, 0.15) is 36.5 Å². The molecule has 5 nitrogen and oxygen atoms in total. The van der Waals surface area contributed by atoms with Gasteiger partial charge in [-0.2, -0.15) is 10.2 Å². The van der Waals surface area contributed by atoms with Gasteiger partial charge in [0, 0.05) is 22.0 Å². The lowest BCUT2D eigenvalue weighted by Gasteiger charge is -2.22. The molecule has 1 heterocycles. The van der Waals surface area contributed by atoms with E-state index in [1.165, 1.54) is 0 Å². The fourth-order valence-electron chi connectivity index (χ4n) is 5.11. The average Bonchev–Trinajstić information content (AvgIpc) is 3.26. The van der Waals surface area contributed by atoms with Crippen LogP contribution in [0.5, 0.6) is 5.75 Å². The Morgan fingerprint density at radius 2 is 1.90 bits per heavy atom. The molecule has 2 aliphatic rings. The van der Waals surface area contributed by atoms with Crippen molar-refractivity contribution in [3.05, 3.63) is 65.3 Å². The number of aromatic nitrogens is 2. The molecule has 2 aromatic carbocycles. The normalized spacial score (nSPS) is 23.7. The van der Waals surface area contributed by atoms with Crippen molar-refractivity contribution < 1.29 is 9.53 Å². The highest BCUT2D eigenvalue weighted by Crippen LogP contribution is 2.60. The second kappa shape index (κ2) is 7.88. The van der Waals surface area contributed by atoms with Crippen molar-refractivity contribution in [2.45, 2.75) is 38.3 Å². The van der Waals surface area contributed by atoms with Gasteiger partial charge in [-0.15, -0.1) is 0 Å². The predicted molar refractivity (Wildman–Crippen MR) is 117 cm³/mol. The lowest BCUT2D eigenvalue weighted by molar-refractivity contribution is 0.0924. The highest BCUT2D eigenvalue weighted by atomic mass is 35.5. The van der Waals surface area contributed by atoms with Crippen molar-refractivity contribution in [2.75, 3.05) is 0 Å². The van der Waals surface area contributed by atoms with Crippen LogP contribution in [0.4, 0.5) is 0 Å². The highest BCUT2D eigenvalue weighted by molar-refractivity contribution is 6.30. The number of amides is 1. The van der Waals surface area contributed by atoms with E-state index in [9.17, 15) is 4.79 Å². The molecular weight excluding hydrogens is 398 g/mol. The van der Waals surface area contributed by atoms with E-state index in [-0.39, 0.29) is 18.1 Å². The number of nitrogens with zero attached hydrogens (tertiary/aromatic N) is 2. The molecule has 0 spiro atoms. The molecule has 1 aromatic heterocycles. The molecule has 0 unspecified atom stereocenters. The molecule has 3 atom stereocenters. The third-order valence-electron chi connectivity index (χ3n) is 6.60. The molecule has 1 N–H and O–H groups in total. The fourth-order valence-corrected chi connectivity index (χ4v) is 5.24. The van der Waals surface area contributed by atoms with Crippen molar-refractivity contribution in [3.8, 4) is 5.75 Å². The summed E-state index contributed by atoms with van der Waals surface area (Å²) in [7, 11) is 0. The van der Waals surface area contributed by atoms with Gasteiger partial charge < -0.3 is 10.1 Å². The van der Waals surface area contributed by atoms with E-state index in [1.807, 2.05) is 24.3 Å². The Labute approximate surface area is 180 Å². The summed E-state index contributed by atoms with van der Waals surface area (Å²) < 4.78 is 6.31. The van der Waals surface area contributed by atoms with E-state index in [4.69, 9.17) is 16.3 Å². The maximum absolute atomic E-state index is 12.6. The van der Waals surface area contributed by atoms with Gasteiger partial charge in [0.05, 0.1) is 17.8 Å².